The predicted octanol–water partition coefficient (Wildman–Crippen LogP) is 3.65. The van der Waals surface area contributed by atoms with Crippen molar-refractivity contribution in [3.05, 3.63) is 34.9 Å². The van der Waals surface area contributed by atoms with Crippen LogP contribution in [0, 0.1) is 0 Å². The minimum absolute atomic E-state index is 0.163. The number of carbonyl (C=O) groups excluding carboxylic acids is 2. The molecule has 1 fully saturated rings. The Morgan fingerprint density at radius 2 is 1.70 bits per heavy atom. The van der Waals surface area contributed by atoms with Crippen LogP contribution in [0.3, 0.4) is 0 Å². The van der Waals surface area contributed by atoms with Crippen LogP contribution >= 0.6 is 0 Å². The van der Waals surface area contributed by atoms with Gasteiger partial charge in [0, 0.05) is 26.7 Å². The average molecular weight is 467 g/mol. The molecule has 1 saturated heterocycles. The molecular weight excluding hydrogens is 428 g/mol. The lowest BCUT2D eigenvalue weighted by Gasteiger charge is -2.53. The number of esters is 1. The zero-order valence-corrected chi connectivity index (χ0v) is 21.1. The first-order valence-electron chi connectivity index (χ1n) is 11.2. The van der Waals surface area contributed by atoms with Gasteiger partial charge >= 0.3 is 5.97 Å². The van der Waals surface area contributed by atoms with Crippen molar-refractivity contribution in [2.75, 3.05) is 27.4 Å². The molecule has 8 heteroatoms. The summed E-state index contributed by atoms with van der Waals surface area (Å²) in [5.41, 5.74) is 2.79. The van der Waals surface area contributed by atoms with Gasteiger partial charge in [0.15, 0.2) is 11.9 Å². The van der Waals surface area contributed by atoms with Crippen molar-refractivity contribution in [1.82, 2.24) is 0 Å². The summed E-state index contributed by atoms with van der Waals surface area (Å²) >= 11 is 0. The predicted molar refractivity (Wildman–Crippen MR) is 122 cm³/mol. The average Bonchev–Trinajstić information content (AvgIpc) is 2.75. The number of carbonyl (C=O) groups is 2. The zero-order valence-electron chi connectivity index (χ0n) is 21.1. The Morgan fingerprint density at radius 3 is 2.27 bits per heavy atom. The first kappa shape index (κ1) is 27.4. The van der Waals surface area contributed by atoms with Gasteiger partial charge in [-0.3, -0.25) is 9.59 Å². The fourth-order valence-corrected chi connectivity index (χ4v) is 3.75. The molecule has 0 aromatic carbocycles. The van der Waals surface area contributed by atoms with Gasteiger partial charge in [0.2, 0.25) is 11.6 Å². The summed E-state index contributed by atoms with van der Waals surface area (Å²) in [5.74, 6) is -3.43. The Kier molecular flexibility index (Phi) is 9.58. The molecule has 0 radical (unpaired) electrons. The second-order valence-electron chi connectivity index (χ2n) is 8.93. The number of fused-ring (bicyclic) bond motifs is 1. The number of Topliss-reactive ketones (excluding diaryl/α,β-unsaturated/α-hetero) is 1. The summed E-state index contributed by atoms with van der Waals surface area (Å²) in [6.45, 7) is 11.0. The Hall–Kier alpha value is -1.84. The molecule has 0 amide bonds. The number of rotatable bonds is 10. The van der Waals surface area contributed by atoms with Crippen LogP contribution in [0.15, 0.2) is 34.9 Å². The molecule has 2 rings (SSSR count). The topological polar surface area (TPSA) is 89.5 Å². The third kappa shape index (κ3) is 6.61. The lowest BCUT2D eigenvalue weighted by Crippen LogP contribution is -2.69. The molecular formula is C25H38O8. The van der Waals surface area contributed by atoms with Crippen molar-refractivity contribution in [1.29, 1.82) is 0 Å². The summed E-state index contributed by atoms with van der Waals surface area (Å²) in [5, 5.41) is 0. The SMILES string of the molecule is CO[C@]1(C)O[C@H]2[C@@H](OC/C=C(\C)CCC=C(C)C)C=C(COC(C)=O)C(=O)[C@@H]2O[C@@]1(C)OC. The Morgan fingerprint density at radius 1 is 1.06 bits per heavy atom. The highest BCUT2D eigenvalue weighted by molar-refractivity contribution is 6.01. The summed E-state index contributed by atoms with van der Waals surface area (Å²) in [6.07, 6.45) is 5.40. The van der Waals surface area contributed by atoms with Crippen molar-refractivity contribution in [3.63, 3.8) is 0 Å². The molecule has 0 N–H and O–H groups in total. The van der Waals surface area contributed by atoms with Gasteiger partial charge in [0.1, 0.15) is 18.8 Å². The molecule has 1 heterocycles. The van der Waals surface area contributed by atoms with Crippen LogP contribution in [0.5, 0.6) is 0 Å². The Labute approximate surface area is 196 Å². The molecule has 33 heavy (non-hydrogen) atoms. The number of ketones is 1. The highest BCUT2D eigenvalue weighted by atomic mass is 16.8. The van der Waals surface area contributed by atoms with Crippen LogP contribution in [0.4, 0.5) is 0 Å². The zero-order chi connectivity index (χ0) is 24.8. The fraction of sp³-hybridized carbons (Fsp3) is 0.680. The fourth-order valence-electron chi connectivity index (χ4n) is 3.75. The third-order valence-electron chi connectivity index (χ3n) is 6.12. The van der Waals surface area contributed by atoms with Crippen molar-refractivity contribution in [3.8, 4) is 0 Å². The minimum atomic E-state index is -1.34. The Balaban J connectivity index is 2.25. The van der Waals surface area contributed by atoms with Gasteiger partial charge in [-0.25, -0.2) is 0 Å². The summed E-state index contributed by atoms with van der Waals surface area (Å²) in [6, 6.07) is 0. The second-order valence-corrected chi connectivity index (χ2v) is 8.93. The van der Waals surface area contributed by atoms with Gasteiger partial charge in [-0.05, 0) is 53.5 Å². The minimum Gasteiger partial charge on any atom is -0.461 e. The van der Waals surface area contributed by atoms with Crippen molar-refractivity contribution < 1.29 is 38.0 Å². The van der Waals surface area contributed by atoms with E-state index in [9.17, 15) is 9.59 Å². The van der Waals surface area contributed by atoms with E-state index in [1.54, 1.807) is 19.9 Å². The van der Waals surface area contributed by atoms with Gasteiger partial charge < -0.3 is 28.4 Å². The third-order valence-corrected chi connectivity index (χ3v) is 6.12. The summed E-state index contributed by atoms with van der Waals surface area (Å²) in [4.78, 5) is 24.5. The molecule has 0 aromatic heterocycles. The molecule has 0 bridgehead atoms. The van der Waals surface area contributed by atoms with Crippen molar-refractivity contribution in [2.24, 2.45) is 0 Å². The summed E-state index contributed by atoms with van der Waals surface area (Å²) < 4.78 is 34.7. The monoisotopic (exact) mass is 466 g/mol. The van der Waals surface area contributed by atoms with E-state index in [4.69, 9.17) is 28.4 Å². The number of allylic oxidation sites excluding steroid dienone is 3. The van der Waals surface area contributed by atoms with E-state index in [2.05, 4.69) is 26.8 Å². The molecule has 0 saturated carbocycles. The maximum atomic E-state index is 13.1. The van der Waals surface area contributed by atoms with Crippen LogP contribution in [-0.4, -0.2) is 69.1 Å². The van der Waals surface area contributed by atoms with Crippen molar-refractivity contribution in [2.45, 2.75) is 84.3 Å². The van der Waals surface area contributed by atoms with Crippen LogP contribution in [0.1, 0.15) is 54.4 Å². The van der Waals surface area contributed by atoms with Crippen LogP contribution < -0.4 is 0 Å². The molecule has 1 aliphatic carbocycles. The molecule has 186 valence electrons. The first-order valence-corrected chi connectivity index (χ1v) is 11.2. The van der Waals surface area contributed by atoms with Gasteiger partial charge in [0.05, 0.1) is 6.61 Å². The number of hydrogen-bond acceptors (Lipinski definition) is 8. The lowest BCUT2D eigenvalue weighted by molar-refractivity contribution is -0.447. The lowest BCUT2D eigenvalue weighted by atomic mass is 9.88. The van der Waals surface area contributed by atoms with Crippen LogP contribution in [0.2, 0.25) is 0 Å². The largest absolute Gasteiger partial charge is 0.461 e. The van der Waals surface area contributed by atoms with Gasteiger partial charge in [-0.15, -0.1) is 0 Å². The molecule has 0 aromatic rings. The summed E-state index contributed by atoms with van der Waals surface area (Å²) in [7, 11) is 2.95. The molecule has 0 unspecified atom stereocenters. The number of methoxy groups -OCH3 is 2. The van der Waals surface area contributed by atoms with E-state index in [0.29, 0.717) is 12.2 Å². The van der Waals surface area contributed by atoms with Gasteiger partial charge in [0.25, 0.3) is 0 Å². The highest BCUT2D eigenvalue weighted by Gasteiger charge is 2.60. The molecule has 1 aliphatic heterocycles. The maximum absolute atomic E-state index is 13.1. The molecule has 5 atom stereocenters. The number of hydrogen-bond donors (Lipinski definition) is 0. The molecule has 8 nitrogen and oxygen atoms in total. The molecule has 2 aliphatic rings. The smallest absolute Gasteiger partial charge is 0.302 e. The van der Waals surface area contributed by atoms with Crippen molar-refractivity contribution >= 4 is 11.8 Å². The van der Waals surface area contributed by atoms with Gasteiger partial charge in [-0.2, -0.15) is 0 Å². The van der Waals surface area contributed by atoms with E-state index in [0.717, 1.165) is 12.8 Å². The van der Waals surface area contributed by atoms with E-state index in [1.165, 1.54) is 32.3 Å². The normalized spacial score (nSPS) is 32.1. The highest BCUT2D eigenvalue weighted by Crippen LogP contribution is 2.42. The van der Waals surface area contributed by atoms with E-state index in [-0.39, 0.29) is 12.4 Å². The standard InChI is InChI=1S/C25H38O8/c1-16(2)10-9-11-17(3)12-13-30-20-14-19(15-31-18(4)26)21(27)23-22(20)32-24(5,28-7)25(6,29-8)33-23/h10,12,14,20,22-23H,9,11,13,15H2,1-8H3/b17-12+/t20-,22-,23-,24+,25+/m0/s1. The quantitative estimate of drug-likeness (QED) is 0.356. The Bertz CT molecular complexity index is 809. The van der Waals surface area contributed by atoms with E-state index in [1.807, 2.05) is 6.08 Å². The van der Waals surface area contributed by atoms with Gasteiger partial charge in [-0.1, -0.05) is 23.3 Å². The molecule has 0 spiro atoms. The van der Waals surface area contributed by atoms with Crippen LogP contribution in [-0.2, 0) is 38.0 Å². The second kappa shape index (κ2) is 11.5. The van der Waals surface area contributed by atoms with E-state index >= 15 is 0 Å². The van der Waals surface area contributed by atoms with Crippen LogP contribution in [0.25, 0.3) is 0 Å². The van der Waals surface area contributed by atoms with E-state index < -0.39 is 35.9 Å². The maximum Gasteiger partial charge on any atom is 0.302 e. The first-order chi connectivity index (χ1) is 15.5. The number of ether oxygens (including phenoxy) is 6.